The lowest BCUT2D eigenvalue weighted by molar-refractivity contribution is 0.385. The van der Waals surface area contributed by atoms with Gasteiger partial charge < -0.3 is 10.5 Å². The van der Waals surface area contributed by atoms with Crippen molar-refractivity contribution in [3.05, 3.63) is 18.2 Å². The van der Waals surface area contributed by atoms with Crippen LogP contribution < -0.4 is 10.5 Å². The molecule has 1 rings (SSSR count). The summed E-state index contributed by atoms with van der Waals surface area (Å²) in [5.41, 5.74) is 5.18. The van der Waals surface area contributed by atoms with Crippen molar-refractivity contribution in [2.24, 2.45) is 0 Å². The van der Waals surface area contributed by atoms with E-state index in [4.69, 9.17) is 5.73 Å². The lowest BCUT2D eigenvalue weighted by Gasteiger charge is -2.00. The summed E-state index contributed by atoms with van der Waals surface area (Å²) in [5, 5.41) is 0. The summed E-state index contributed by atoms with van der Waals surface area (Å²) >= 11 is 0. The van der Waals surface area contributed by atoms with Crippen molar-refractivity contribution >= 4 is 5.69 Å². The predicted molar refractivity (Wildman–Crippen MR) is 35.2 cm³/mol. The molecule has 4 heteroatoms. The fraction of sp³-hybridized carbons (Fsp3) is 0.167. The molecule has 0 spiro atoms. The van der Waals surface area contributed by atoms with Crippen molar-refractivity contribution in [1.29, 1.82) is 0 Å². The molecule has 0 fully saturated rings. The van der Waals surface area contributed by atoms with Crippen LogP contribution in [0.3, 0.4) is 0 Å². The van der Waals surface area contributed by atoms with Gasteiger partial charge in [-0.3, -0.25) is 4.98 Å². The third-order valence-electron chi connectivity index (χ3n) is 1.10. The normalized spacial score (nSPS) is 9.40. The third-order valence-corrected chi connectivity index (χ3v) is 1.10. The highest BCUT2D eigenvalue weighted by Gasteiger charge is 2.04. The van der Waals surface area contributed by atoms with Gasteiger partial charge in [-0.2, -0.15) is 0 Å². The molecule has 0 unspecified atom stereocenters. The zero-order valence-corrected chi connectivity index (χ0v) is 5.47. The second-order valence-electron chi connectivity index (χ2n) is 1.74. The summed E-state index contributed by atoms with van der Waals surface area (Å²) in [6, 6.07) is 0. The standard InChI is InChI=1S/C6H7FN2O/c1-10-5-3-9-2-4(8)6(5)7/h2-3H,8H2,1H3. The van der Waals surface area contributed by atoms with E-state index in [0.717, 1.165) is 0 Å². The smallest absolute Gasteiger partial charge is 0.191 e. The Kier molecular flexibility index (Phi) is 1.71. The Labute approximate surface area is 57.6 Å². The van der Waals surface area contributed by atoms with E-state index in [1.807, 2.05) is 0 Å². The maximum absolute atomic E-state index is 12.7. The molecule has 1 heterocycles. The van der Waals surface area contributed by atoms with Crippen LogP contribution in [0.5, 0.6) is 5.75 Å². The molecular formula is C6H7FN2O. The van der Waals surface area contributed by atoms with E-state index in [0.29, 0.717) is 0 Å². The molecule has 0 aromatic carbocycles. The van der Waals surface area contributed by atoms with Crippen LogP contribution in [0.1, 0.15) is 0 Å². The van der Waals surface area contributed by atoms with Crippen LogP contribution >= 0.6 is 0 Å². The Bertz CT molecular complexity index is 239. The highest BCUT2D eigenvalue weighted by Crippen LogP contribution is 2.18. The largest absolute Gasteiger partial charge is 0.492 e. The molecule has 0 bridgehead atoms. The van der Waals surface area contributed by atoms with E-state index in [1.54, 1.807) is 0 Å². The van der Waals surface area contributed by atoms with Crippen LogP contribution in [0.4, 0.5) is 10.1 Å². The Hall–Kier alpha value is -1.32. The molecule has 54 valence electrons. The van der Waals surface area contributed by atoms with Crippen LogP contribution in [0.2, 0.25) is 0 Å². The fourth-order valence-corrected chi connectivity index (χ4v) is 0.583. The maximum Gasteiger partial charge on any atom is 0.191 e. The first-order valence-corrected chi connectivity index (χ1v) is 2.68. The molecule has 0 saturated carbocycles. The van der Waals surface area contributed by atoms with E-state index in [9.17, 15) is 4.39 Å². The number of halogens is 1. The number of nitrogens with two attached hydrogens (primary N) is 1. The van der Waals surface area contributed by atoms with Crippen LogP contribution in [0, 0.1) is 5.82 Å². The summed E-state index contributed by atoms with van der Waals surface area (Å²) in [7, 11) is 1.36. The third kappa shape index (κ3) is 1.00. The van der Waals surface area contributed by atoms with Gasteiger partial charge in [-0.15, -0.1) is 0 Å². The second kappa shape index (κ2) is 2.51. The van der Waals surface area contributed by atoms with E-state index in [-0.39, 0.29) is 11.4 Å². The molecule has 2 N–H and O–H groups in total. The zero-order chi connectivity index (χ0) is 7.56. The van der Waals surface area contributed by atoms with Crippen molar-refractivity contribution < 1.29 is 9.13 Å². The van der Waals surface area contributed by atoms with Crippen LogP contribution in [-0.4, -0.2) is 12.1 Å². The quantitative estimate of drug-likeness (QED) is 0.631. The minimum absolute atomic E-state index is 0.000602. The number of nitrogen functional groups attached to an aromatic ring is 1. The molecule has 3 nitrogen and oxygen atoms in total. The number of anilines is 1. The minimum atomic E-state index is -0.558. The van der Waals surface area contributed by atoms with Crippen molar-refractivity contribution in [2.75, 3.05) is 12.8 Å². The van der Waals surface area contributed by atoms with E-state index < -0.39 is 5.82 Å². The van der Waals surface area contributed by atoms with Gasteiger partial charge in [0.25, 0.3) is 0 Å². The first-order chi connectivity index (χ1) is 4.75. The Morgan fingerprint density at radius 1 is 1.60 bits per heavy atom. The molecule has 0 saturated heterocycles. The Morgan fingerprint density at radius 2 is 2.30 bits per heavy atom. The fourth-order valence-electron chi connectivity index (χ4n) is 0.583. The van der Waals surface area contributed by atoms with Crippen molar-refractivity contribution in [3.63, 3.8) is 0 Å². The van der Waals surface area contributed by atoms with Gasteiger partial charge in [0.1, 0.15) is 0 Å². The van der Waals surface area contributed by atoms with Crippen molar-refractivity contribution in [2.45, 2.75) is 0 Å². The number of pyridine rings is 1. The zero-order valence-electron chi connectivity index (χ0n) is 5.47. The molecule has 0 radical (unpaired) electrons. The number of hydrogen-bond donors (Lipinski definition) is 1. The predicted octanol–water partition coefficient (Wildman–Crippen LogP) is 0.811. The van der Waals surface area contributed by atoms with E-state index in [1.165, 1.54) is 19.5 Å². The minimum Gasteiger partial charge on any atom is -0.492 e. The number of ether oxygens (including phenoxy) is 1. The van der Waals surface area contributed by atoms with Crippen molar-refractivity contribution in [1.82, 2.24) is 4.98 Å². The molecular weight excluding hydrogens is 135 g/mol. The monoisotopic (exact) mass is 142 g/mol. The van der Waals surface area contributed by atoms with Crippen LogP contribution in [-0.2, 0) is 0 Å². The first-order valence-electron chi connectivity index (χ1n) is 2.68. The van der Waals surface area contributed by atoms with Gasteiger partial charge in [0, 0.05) is 0 Å². The molecule has 0 aliphatic rings. The first kappa shape index (κ1) is 6.80. The topological polar surface area (TPSA) is 48.1 Å². The van der Waals surface area contributed by atoms with Crippen molar-refractivity contribution in [3.8, 4) is 5.75 Å². The summed E-state index contributed by atoms with van der Waals surface area (Å²) in [5.74, 6) is -0.488. The van der Waals surface area contributed by atoms with Gasteiger partial charge in [0.05, 0.1) is 25.2 Å². The average Bonchev–Trinajstić information content (AvgIpc) is 1.95. The van der Waals surface area contributed by atoms with Gasteiger partial charge in [-0.25, -0.2) is 4.39 Å². The molecule has 0 amide bonds. The lowest BCUT2D eigenvalue weighted by atomic mass is 10.4. The molecule has 0 atom stereocenters. The number of methoxy groups -OCH3 is 1. The molecule has 1 aromatic rings. The SMILES string of the molecule is COc1cncc(N)c1F. The molecule has 0 aliphatic heterocycles. The van der Waals surface area contributed by atoms with Gasteiger partial charge in [-0.05, 0) is 0 Å². The van der Waals surface area contributed by atoms with Gasteiger partial charge in [0.15, 0.2) is 11.6 Å². The van der Waals surface area contributed by atoms with Gasteiger partial charge in [-0.1, -0.05) is 0 Å². The number of rotatable bonds is 1. The van der Waals surface area contributed by atoms with Gasteiger partial charge in [0.2, 0.25) is 0 Å². The van der Waals surface area contributed by atoms with Gasteiger partial charge >= 0.3 is 0 Å². The number of hydrogen-bond acceptors (Lipinski definition) is 3. The lowest BCUT2D eigenvalue weighted by Crippen LogP contribution is -1.95. The second-order valence-corrected chi connectivity index (χ2v) is 1.74. The number of aromatic nitrogens is 1. The van der Waals surface area contributed by atoms with Crippen LogP contribution in [0.25, 0.3) is 0 Å². The Balaban J connectivity index is 3.14. The van der Waals surface area contributed by atoms with E-state index >= 15 is 0 Å². The highest BCUT2D eigenvalue weighted by molar-refractivity contribution is 5.42. The average molecular weight is 142 g/mol. The maximum atomic E-state index is 12.7. The Morgan fingerprint density at radius 3 is 2.80 bits per heavy atom. The summed E-state index contributed by atoms with van der Waals surface area (Å²) in [6.07, 6.45) is 2.50. The van der Waals surface area contributed by atoms with E-state index in [2.05, 4.69) is 9.72 Å². The number of nitrogens with zero attached hydrogens (tertiary/aromatic N) is 1. The highest BCUT2D eigenvalue weighted by atomic mass is 19.1. The van der Waals surface area contributed by atoms with Crippen LogP contribution in [0.15, 0.2) is 12.4 Å². The summed E-state index contributed by atoms with van der Waals surface area (Å²) < 4.78 is 17.3. The summed E-state index contributed by atoms with van der Waals surface area (Å²) in [4.78, 5) is 3.63. The molecule has 0 aliphatic carbocycles. The molecule has 10 heavy (non-hydrogen) atoms. The summed E-state index contributed by atoms with van der Waals surface area (Å²) in [6.45, 7) is 0. The molecule has 1 aromatic heterocycles.